The first-order valence-corrected chi connectivity index (χ1v) is 59.0. The lowest BCUT2D eigenvalue weighted by atomic mass is 9.57. The SMILES string of the molecule is CC(=O)N1CCC(c2nncs2)CC1.CC(=O)NC12CCC(c3nncs3)(CC1)CC2.CC(=O)NC12CCC(c3nncs3)(CC1)OC2.CC(=O)NC1CCC(c2nncs2)CC1.CC(=O)N[C@@H]1CC[C@@H](c2nncs2)OC1.COC(=O)NC1CCC(c2nncs2)CC1.FC(F)CN1CCC(c2nncs2)CC1.O=C(NC1CCC(c2nncs2)CC1)C1CC1.O=C(NC1CCC(c2nncs2)CC1)N1CCOCC1. The van der Waals surface area contributed by atoms with Gasteiger partial charge >= 0.3 is 12.1 Å². The molecule has 24 rings (SSSR count). The van der Waals surface area contributed by atoms with E-state index in [2.05, 4.69) is 134 Å². The summed E-state index contributed by atoms with van der Waals surface area (Å²) in [5, 5.41) is 103. The molecule has 0 radical (unpaired) electrons. The number of halogens is 2. The molecule has 0 spiro atoms. The van der Waals surface area contributed by atoms with Crippen molar-refractivity contribution in [3.05, 3.63) is 94.7 Å². The number of likely N-dealkylation sites (tertiary alicyclic amines) is 2. The monoisotopic (exact) mass is 2190 g/mol. The Morgan fingerprint density at radius 1 is 0.377 bits per heavy atom. The lowest BCUT2D eigenvalue weighted by molar-refractivity contribution is -0.171. The Morgan fingerprint density at radius 2 is 0.740 bits per heavy atom. The highest BCUT2D eigenvalue weighted by molar-refractivity contribution is 7.11. The molecule has 40 nitrogen and oxygen atoms in total. The van der Waals surface area contributed by atoms with E-state index in [1.165, 1.54) is 30.4 Å². The van der Waals surface area contributed by atoms with Crippen LogP contribution in [0.5, 0.6) is 0 Å². The number of nitrogens with one attached hydrogen (secondary N) is 7. The van der Waals surface area contributed by atoms with Crippen LogP contribution in [0.15, 0.2) is 49.6 Å². The van der Waals surface area contributed by atoms with E-state index in [1.807, 2.05) is 20.2 Å². The first kappa shape index (κ1) is 113. The zero-order chi connectivity index (χ0) is 103. The lowest BCUT2D eigenvalue weighted by Crippen LogP contribution is -2.61. The molecule has 146 heavy (non-hydrogen) atoms. The van der Waals surface area contributed by atoms with Gasteiger partial charge in [-0.3, -0.25) is 33.7 Å². The minimum Gasteiger partial charge on any atom is -0.453 e. The molecule has 0 aromatic carbocycles. The summed E-state index contributed by atoms with van der Waals surface area (Å²) in [6.45, 7) is 14.9. The molecular formula is C95H138F2N28O12S9. The topological polar surface area (TPSA) is 499 Å². The third-order valence-electron chi connectivity index (χ3n) is 29.7. The van der Waals surface area contributed by atoms with Gasteiger partial charge in [0, 0.05) is 137 Å². The normalized spacial score (nSPS) is 27.4. The number of ether oxygens (including phenoxy) is 4. The number of amides is 9. The largest absolute Gasteiger partial charge is 0.453 e. The van der Waals surface area contributed by atoms with Crippen molar-refractivity contribution in [1.29, 1.82) is 0 Å². The van der Waals surface area contributed by atoms with E-state index in [4.69, 9.17) is 14.2 Å². The van der Waals surface area contributed by atoms with E-state index in [1.54, 1.807) is 162 Å². The Hall–Kier alpha value is -8.90. The van der Waals surface area contributed by atoms with Crippen molar-refractivity contribution in [2.45, 2.75) is 353 Å². The van der Waals surface area contributed by atoms with Crippen molar-refractivity contribution in [1.82, 2.24) is 144 Å². The van der Waals surface area contributed by atoms with E-state index >= 15 is 0 Å². The first-order valence-electron chi connectivity index (χ1n) is 51.0. The predicted octanol–water partition coefficient (Wildman–Crippen LogP) is 14.7. The molecule has 9 amide bonds. The number of fused-ring (bicyclic) bond motifs is 6. The van der Waals surface area contributed by atoms with Crippen LogP contribution in [0.3, 0.4) is 0 Å². The van der Waals surface area contributed by atoms with Crippen LogP contribution in [-0.2, 0) is 58.7 Å². The molecule has 15 aliphatic rings. The molecule has 51 heteroatoms. The van der Waals surface area contributed by atoms with Gasteiger partial charge in [-0.2, -0.15) is 0 Å². The van der Waals surface area contributed by atoms with E-state index in [0.29, 0.717) is 99.1 Å². The summed E-state index contributed by atoms with van der Waals surface area (Å²) < 4.78 is 45.7. The maximum Gasteiger partial charge on any atom is 0.407 e. The van der Waals surface area contributed by atoms with Crippen LogP contribution in [0.2, 0.25) is 0 Å². The third kappa shape index (κ3) is 34.6. The van der Waals surface area contributed by atoms with Gasteiger partial charge in [-0.15, -0.1) is 194 Å². The highest BCUT2D eigenvalue weighted by Crippen LogP contribution is 2.55. The van der Waals surface area contributed by atoms with Crippen LogP contribution in [0.4, 0.5) is 18.4 Å². The predicted molar refractivity (Wildman–Crippen MR) is 553 cm³/mol. The van der Waals surface area contributed by atoms with Gasteiger partial charge in [-0.25, -0.2) is 18.4 Å². The van der Waals surface area contributed by atoms with Gasteiger partial charge < -0.3 is 66.0 Å². The number of alkyl carbamates (subject to hydrolysis) is 1. The highest BCUT2D eigenvalue weighted by Gasteiger charge is 2.54. The molecular weight excluding hydrogens is 2050 g/mol. The average molecular weight is 2190 g/mol. The summed E-state index contributed by atoms with van der Waals surface area (Å²) in [5.74, 6) is 4.10. The van der Waals surface area contributed by atoms with Gasteiger partial charge in [-0.1, -0.05) is 0 Å². The zero-order valence-corrected chi connectivity index (χ0v) is 91.2. The number of carbonyl (C=O) groups is 8. The fourth-order valence-corrected chi connectivity index (χ4v) is 27.9. The van der Waals surface area contributed by atoms with Crippen molar-refractivity contribution < 1.29 is 66.1 Å². The smallest absolute Gasteiger partial charge is 0.407 e. The van der Waals surface area contributed by atoms with Gasteiger partial charge in [0.05, 0.1) is 51.7 Å². The molecule has 9 aromatic heterocycles. The van der Waals surface area contributed by atoms with Crippen molar-refractivity contribution in [3.63, 3.8) is 0 Å². The minimum absolute atomic E-state index is 0.00188. The van der Waals surface area contributed by atoms with E-state index in [0.717, 1.165) is 285 Å². The second kappa shape index (κ2) is 56.8. The fourth-order valence-electron chi connectivity index (χ4n) is 21.3. The molecule has 4 bridgehead atoms. The van der Waals surface area contributed by atoms with E-state index < -0.39 is 6.43 Å². The standard InChI is InChI=1S/C13H20N4O2S.2C12H17N3OS.C11H15N3O2S.C10H15N3O2S.C10H15N3OS.C9H13F2N3S.C9H13N3O2S.C9H13N3OS/c18-13(17-5-7-19-8-6-17)15-11-3-1-10(2-4-11)12-16-14-9-20-12;1-9(16)14-12-5-2-11(3-6-12,4-7-12)10-15-13-8-17-10;16-11(8-1-2-8)14-10-5-3-9(4-6-10)12-15-13-7-17-12;1-8(15)13-10-2-4-11(5-3-10,16-6-10)9-14-12-7-17-9;1-15-10(14)12-8-4-2-7(3-5-8)9-13-11-6-16-9;1-7(14)12-9-4-2-8(3-5-9)10-13-11-6-15-10;10-8(11)5-14-3-1-7(2-4-14)9-13-12-6-15-9;1-6(13)11-7-2-3-8(14-4-7)9-12-10-5-15-9;1-7(13)12-4-2-8(3-5-12)9-11-10-6-14-9/h9-11H,1-8H2,(H,15,18);8H,2-7H2,1H3,(H,14,16);7-10H,1-6H2,(H,14,16);7H,2-6H2,1H3,(H,13,15);6-8H,2-5H2,1H3,(H,12,14);6,8-9H,2-5H2,1H3,(H,12,14);6-8H,1-5H2;5,7-8H,2-4H2,1H3,(H,11,13);6,8H,2-5H2,1H3/t;;;;;;;7-,8+;/m.......1./s1. The lowest BCUT2D eigenvalue weighted by Gasteiger charge is -2.52. The van der Waals surface area contributed by atoms with Crippen LogP contribution in [0.1, 0.15) is 340 Å². The van der Waals surface area contributed by atoms with E-state index in [9.17, 15) is 47.1 Å². The first-order chi connectivity index (χ1) is 70.8. The Bertz CT molecular complexity index is 5090. The Labute approximate surface area is 886 Å². The second-order valence-electron chi connectivity index (χ2n) is 39.8. The number of rotatable bonds is 19. The molecule has 0 unspecified atom stereocenters. The number of morpholine rings is 1. The molecule has 7 N–H and O–H groups in total. The summed E-state index contributed by atoms with van der Waals surface area (Å²) >= 11 is 14.5. The molecule has 15 fully saturated rings. The second-order valence-corrected chi connectivity index (χ2v) is 47.5. The van der Waals surface area contributed by atoms with E-state index in [-0.39, 0.29) is 94.4 Å². The summed E-state index contributed by atoms with van der Waals surface area (Å²) in [4.78, 5) is 95.7. The number of piperidine rings is 2. The van der Waals surface area contributed by atoms with Gasteiger partial charge in [-0.05, 0) is 231 Å². The molecule has 798 valence electrons. The van der Waals surface area contributed by atoms with Crippen molar-refractivity contribution in [3.8, 4) is 0 Å². The average Bonchev–Trinajstić information content (AvgIpc) is 1.29. The molecule has 9 saturated carbocycles. The van der Waals surface area contributed by atoms with Crippen molar-refractivity contribution >= 4 is 150 Å². The van der Waals surface area contributed by atoms with Gasteiger partial charge in [0.25, 0.3) is 6.43 Å². The third-order valence-corrected chi connectivity index (χ3v) is 37.4. The maximum absolute atomic E-state index is 12.1. The number of urea groups is 1. The Morgan fingerprint density at radius 3 is 1.10 bits per heavy atom. The number of alkyl halides is 2. The summed E-state index contributed by atoms with van der Waals surface area (Å²) in [6, 6.07) is 1.52. The summed E-state index contributed by atoms with van der Waals surface area (Å²) in [6.07, 6.45) is 32.9. The molecule has 9 aromatic rings. The molecule has 2 atom stereocenters. The van der Waals surface area contributed by atoms with Crippen molar-refractivity contribution in [2.75, 3.05) is 79.4 Å². The highest BCUT2D eigenvalue weighted by atomic mass is 32.1. The molecule has 6 saturated heterocycles. The molecule has 15 heterocycles. The van der Waals surface area contributed by atoms with Crippen LogP contribution in [0.25, 0.3) is 0 Å². The number of nitrogens with zero attached hydrogens (tertiary/aromatic N) is 21. The number of methoxy groups -OCH3 is 1. The van der Waals surface area contributed by atoms with Crippen LogP contribution < -0.4 is 37.2 Å². The minimum atomic E-state index is -2.22. The summed E-state index contributed by atoms with van der Waals surface area (Å²) in [5.41, 5.74) is 15.9. The van der Waals surface area contributed by atoms with Crippen molar-refractivity contribution in [2.24, 2.45) is 5.92 Å². The zero-order valence-electron chi connectivity index (χ0n) is 83.8. The quantitative estimate of drug-likeness (QED) is 0.0395. The number of hydrogen-bond donors (Lipinski definition) is 7. The fraction of sp³-hybridized carbons (Fsp3) is 0.726. The molecule has 9 aliphatic carbocycles. The van der Waals surface area contributed by atoms with Crippen LogP contribution in [-0.4, -0.2) is 281 Å². The van der Waals surface area contributed by atoms with Gasteiger partial charge in [0.2, 0.25) is 35.4 Å². The van der Waals surface area contributed by atoms with Gasteiger partial charge in [0.15, 0.2) is 0 Å². The Balaban J connectivity index is 0.000000130. The van der Waals surface area contributed by atoms with Crippen LogP contribution in [0, 0.1) is 5.92 Å². The van der Waals surface area contributed by atoms with Gasteiger partial charge in [0.1, 0.15) is 106 Å². The summed E-state index contributed by atoms with van der Waals surface area (Å²) in [7, 11) is 1.39. The number of carbonyl (C=O) groups excluding carboxylic acids is 8. The molecule has 6 aliphatic heterocycles. The number of aromatic nitrogens is 18. The number of hydrogen-bond acceptors (Lipinski definition) is 40. The van der Waals surface area contributed by atoms with Crippen LogP contribution >= 0.6 is 102 Å². The maximum atomic E-state index is 12.1. The Kier molecular flexibility index (Phi) is 43.9.